The summed E-state index contributed by atoms with van der Waals surface area (Å²) < 4.78 is 10.7. The third kappa shape index (κ3) is 7.23. The lowest BCUT2D eigenvalue weighted by Crippen LogP contribution is -2.41. The summed E-state index contributed by atoms with van der Waals surface area (Å²) in [7, 11) is 1.14. The molecule has 1 atom stereocenters. The fraction of sp³-hybridized carbons (Fsp3) is 0.467. The summed E-state index contributed by atoms with van der Waals surface area (Å²) >= 11 is 0. The number of rotatable bonds is 9. The van der Waals surface area contributed by atoms with Gasteiger partial charge in [-0.25, -0.2) is 0 Å². The average Bonchev–Trinajstić information content (AvgIpc) is 2.48. The summed E-state index contributed by atoms with van der Waals surface area (Å²) in [5.74, 6) is -0.380. The second-order valence-corrected chi connectivity index (χ2v) is 5.99. The Balaban J connectivity index is 2.71. The number of para-hydroxylation sites is 2. The summed E-state index contributed by atoms with van der Waals surface area (Å²) in [6.07, 6.45) is 0.481. The Bertz CT molecular complexity index is 588. The van der Waals surface area contributed by atoms with Crippen molar-refractivity contribution < 1.29 is 24.0 Å². The van der Waals surface area contributed by atoms with Gasteiger partial charge in [0, 0.05) is 12.1 Å². The van der Waals surface area contributed by atoms with Crippen LogP contribution in [0.1, 0.15) is 27.2 Å². The van der Waals surface area contributed by atoms with E-state index in [1.807, 2.05) is 0 Å². The summed E-state index contributed by atoms with van der Waals surface area (Å²) in [6.45, 7) is 5.19. The SMILES string of the molecule is CC(C)(C)OC(=O)C[C@H](COc1ccccc1[N+](=O)[O-])N[B]C=O. The van der Waals surface area contributed by atoms with E-state index in [0.717, 1.165) is 7.41 Å². The summed E-state index contributed by atoms with van der Waals surface area (Å²) in [5, 5.41) is 13.7. The van der Waals surface area contributed by atoms with Crippen LogP contribution in [0.25, 0.3) is 0 Å². The molecule has 0 heterocycles. The fourth-order valence-electron chi connectivity index (χ4n) is 1.85. The Kier molecular flexibility index (Phi) is 7.38. The quantitative estimate of drug-likeness (QED) is 0.239. The molecule has 0 aliphatic heterocycles. The van der Waals surface area contributed by atoms with Crippen LogP contribution in [0.3, 0.4) is 0 Å². The van der Waals surface area contributed by atoms with Crippen molar-refractivity contribution in [1.82, 2.24) is 5.23 Å². The summed E-state index contributed by atoms with van der Waals surface area (Å²) in [5.41, 5.74) is -0.803. The molecular weight excluding hydrogens is 315 g/mol. The molecule has 0 aliphatic carbocycles. The predicted molar refractivity (Wildman–Crippen MR) is 88.5 cm³/mol. The van der Waals surface area contributed by atoms with Gasteiger partial charge in [-0.05, 0) is 26.8 Å². The molecule has 129 valence electrons. The lowest BCUT2D eigenvalue weighted by molar-refractivity contribution is -0.385. The van der Waals surface area contributed by atoms with E-state index in [9.17, 15) is 19.7 Å². The number of esters is 1. The number of nitro benzene ring substituents is 1. The minimum atomic E-state index is -0.630. The van der Waals surface area contributed by atoms with Crippen LogP contribution in [0.4, 0.5) is 5.69 Å². The third-order valence-corrected chi connectivity index (χ3v) is 2.74. The number of carbonyl (C=O) groups is 2. The van der Waals surface area contributed by atoms with Gasteiger partial charge in [0.05, 0.1) is 17.5 Å². The molecule has 0 saturated carbocycles. The van der Waals surface area contributed by atoms with Crippen molar-refractivity contribution in [2.45, 2.75) is 38.8 Å². The number of nitrogens with one attached hydrogen (secondary N) is 1. The molecule has 0 bridgehead atoms. The average molecular weight is 335 g/mol. The maximum absolute atomic E-state index is 11.9. The molecule has 24 heavy (non-hydrogen) atoms. The van der Waals surface area contributed by atoms with Gasteiger partial charge in [-0.2, -0.15) is 0 Å². The van der Waals surface area contributed by atoms with E-state index in [2.05, 4.69) is 5.23 Å². The Hall–Kier alpha value is -2.42. The number of benzene rings is 1. The van der Waals surface area contributed by atoms with Crippen LogP contribution in [-0.4, -0.2) is 42.7 Å². The van der Waals surface area contributed by atoms with Crippen LogP contribution in [0.2, 0.25) is 0 Å². The largest absolute Gasteiger partial charge is 0.485 e. The van der Waals surface area contributed by atoms with Gasteiger partial charge in [0.2, 0.25) is 0 Å². The van der Waals surface area contributed by atoms with Crippen LogP contribution >= 0.6 is 0 Å². The van der Waals surface area contributed by atoms with Crippen molar-refractivity contribution in [3.05, 3.63) is 34.4 Å². The van der Waals surface area contributed by atoms with Gasteiger partial charge in [0.1, 0.15) is 12.2 Å². The first-order valence-electron chi connectivity index (χ1n) is 7.34. The van der Waals surface area contributed by atoms with Gasteiger partial charge in [-0.15, -0.1) is 0 Å². The van der Waals surface area contributed by atoms with E-state index in [0.29, 0.717) is 6.19 Å². The highest BCUT2D eigenvalue weighted by molar-refractivity contribution is 6.64. The Labute approximate surface area is 140 Å². The number of nitro groups is 1. The maximum Gasteiger partial charge on any atom is 0.310 e. The number of carbonyl (C=O) groups excluding carboxylic acids is 2. The molecule has 0 fully saturated rings. The standard InChI is InChI=1S/C15H20BN2O6/c1-15(2,3)24-14(20)8-11(17-16-10-19)9-23-13-7-5-4-6-12(13)18(21)22/h4-7,10-11,17H,8-9H2,1-3H3/t11-/m1/s1. The van der Waals surface area contributed by atoms with E-state index in [1.165, 1.54) is 18.2 Å². The molecule has 1 rings (SSSR count). The smallest absolute Gasteiger partial charge is 0.310 e. The lowest BCUT2D eigenvalue weighted by Gasteiger charge is -2.22. The number of ether oxygens (including phenoxy) is 2. The zero-order chi connectivity index (χ0) is 18.2. The van der Waals surface area contributed by atoms with Crippen LogP contribution < -0.4 is 9.96 Å². The van der Waals surface area contributed by atoms with Gasteiger partial charge in [-0.1, -0.05) is 12.1 Å². The van der Waals surface area contributed by atoms with E-state index < -0.39 is 22.5 Å². The molecule has 1 N–H and O–H groups in total. The third-order valence-electron chi connectivity index (χ3n) is 2.74. The van der Waals surface area contributed by atoms with Crippen molar-refractivity contribution in [3.8, 4) is 5.75 Å². The number of hydrogen-bond donors (Lipinski definition) is 1. The Morgan fingerprint density at radius 3 is 2.67 bits per heavy atom. The number of hydrogen-bond acceptors (Lipinski definition) is 7. The first-order chi connectivity index (χ1) is 11.2. The fourth-order valence-corrected chi connectivity index (χ4v) is 1.85. The van der Waals surface area contributed by atoms with E-state index >= 15 is 0 Å². The maximum atomic E-state index is 11.9. The second-order valence-electron chi connectivity index (χ2n) is 5.99. The Morgan fingerprint density at radius 2 is 2.08 bits per heavy atom. The molecule has 0 spiro atoms. The first kappa shape index (κ1) is 19.6. The topological polar surface area (TPSA) is 108 Å². The van der Waals surface area contributed by atoms with Gasteiger partial charge in [0.25, 0.3) is 7.41 Å². The van der Waals surface area contributed by atoms with Crippen molar-refractivity contribution in [2.24, 2.45) is 0 Å². The van der Waals surface area contributed by atoms with E-state index in [4.69, 9.17) is 9.47 Å². The zero-order valence-electron chi connectivity index (χ0n) is 13.9. The molecular formula is C15H20BN2O6. The highest BCUT2D eigenvalue weighted by Gasteiger charge is 2.22. The van der Waals surface area contributed by atoms with E-state index in [-0.39, 0.29) is 24.5 Å². The predicted octanol–water partition coefficient (Wildman–Crippen LogP) is 1.47. The molecule has 0 aromatic heterocycles. The zero-order valence-corrected chi connectivity index (χ0v) is 13.9. The van der Waals surface area contributed by atoms with Crippen LogP contribution in [0, 0.1) is 10.1 Å². The van der Waals surface area contributed by atoms with Crippen molar-refractivity contribution in [2.75, 3.05) is 6.61 Å². The first-order valence-corrected chi connectivity index (χ1v) is 7.34. The molecule has 1 radical (unpaired) electrons. The molecule has 0 saturated heterocycles. The van der Waals surface area contributed by atoms with Crippen LogP contribution in [0.15, 0.2) is 24.3 Å². The van der Waals surface area contributed by atoms with Gasteiger partial charge in [0.15, 0.2) is 5.75 Å². The van der Waals surface area contributed by atoms with Gasteiger partial charge >= 0.3 is 11.7 Å². The molecule has 0 amide bonds. The molecule has 1 aromatic rings. The molecule has 1 aromatic carbocycles. The van der Waals surface area contributed by atoms with Crippen molar-refractivity contribution in [1.29, 1.82) is 0 Å². The second kappa shape index (κ2) is 9.02. The number of nitrogens with zero attached hydrogens (tertiary/aromatic N) is 1. The van der Waals surface area contributed by atoms with Gasteiger partial charge in [-0.3, -0.25) is 14.9 Å². The summed E-state index contributed by atoms with van der Waals surface area (Å²) in [6, 6.07) is 5.36. The minimum Gasteiger partial charge on any atom is -0.485 e. The van der Waals surface area contributed by atoms with Crippen molar-refractivity contribution in [3.63, 3.8) is 0 Å². The Morgan fingerprint density at radius 1 is 1.42 bits per heavy atom. The minimum absolute atomic E-state index is 0.0472. The van der Waals surface area contributed by atoms with E-state index in [1.54, 1.807) is 26.8 Å². The highest BCUT2D eigenvalue weighted by atomic mass is 16.6. The van der Waals surface area contributed by atoms with Gasteiger partial charge < -0.3 is 19.5 Å². The molecule has 0 aliphatic rings. The van der Waals surface area contributed by atoms with Crippen LogP contribution in [0.5, 0.6) is 5.75 Å². The molecule has 0 unspecified atom stereocenters. The normalized spacial score (nSPS) is 12.1. The highest BCUT2D eigenvalue weighted by Crippen LogP contribution is 2.26. The lowest BCUT2D eigenvalue weighted by atomic mass is 9.96. The molecule has 8 nitrogen and oxygen atoms in total. The molecule has 9 heteroatoms. The van der Waals surface area contributed by atoms with Crippen molar-refractivity contribution >= 4 is 25.3 Å². The monoisotopic (exact) mass is 335 g/mol. The van der Waals surface area contributed by atoms with Crippen LogP contribution in [-0.2, 0) is 14.3 Å². The summed E-state index contributed by atoms with van der Waals surface area (Å²) in [4.78, 5) is 32.8.